The van der Waals surface area contributed by atoms with Gasteiger partial charge in [0.15, 0.2) is 0 Å². The van der Waals surface area contributed by atoms with Gasteiger partial charge >= 0.3 is 0 Å². The highest BCUT2D eigenvalue weighted by molar-refractivity contribution is 5.86. The second-order valence-corrected chi connectivity index (χ2v) is 3.41. The smallest absolute Gasteiger partial charge is 0.242 e. The van der Waals surface area contributed by atoms with Gasteiger partial charge in [-0.15, -0.1) is 0 Å². The topological polar surface area (TPSA) is 73.6 Å². The summed E-state index contributed by atoms with van der Waals surface area (Å²) in [5, 5.41) is 2.73. The molecule has 1 fully saturated rings. The highest BCUT2D eigenvalue weighted by atomic mass is 16.5. The first-order chi connectivity index (χ1) is 6.69. The Kier molecular flexibility index (Phi) is 4.31. The number of hydrogen-bond donors (Lipinski definition) is 2. The van der Waals surface area contributed by atoms with Gasteiger partial charge in [-0.05, 0) is 13.3 Å². The highest BCUT2D eigenvalue weighted by Crippen LogP contribution is 2.14. The number of carbonyl (C=O) groups is 1. The van der Waals surface area contributed by atoms with Gasteiger partial charge in [-0.25, -0.2) is 0 Å². The second-order valence-electron chi connectivity index (χ2n) is 3.41. The second kappa shape index (κ2) is 5.29. The molecule has 1 aliphatic rings. The lowest BCUT2D eigenvalue weighted by Gasteiger charge is -2.20. The Balaban J connectivity index is 2.20. The van der Waals surface area contributed by atoms with Crippen LogP contribution in [0.15, 0.2) is 0 Å². The summed E-state index contributed by atoms with van der Waals surface area (Å²) in [7, 11) is 0. The molecule has 5 heteroatoms. The molecule has 0 aromatic carbocycles. The normalized spacial score (nSPS) is 26.4. The number of ether oxygens (including phenoxy) is 2. The van der Waals surface area contributed by atoms with E-state index >= 15 is 0 Å². The molecule has 0 aromatic heterocycles. The van der Waals surface area contributed by atoms with Crippen LogP contribution < -0.4 is 11.1 Å². The van der Waals surface area contributed by atoms with Crippen LogP contribution in [0.1, 0.15) is 13.3 Å². The summed E-state index contributed by atoms with van der Waals surface area (Å²) in [6.45, 7) is 4.48. The van der Waals surface area contributed by atoms with E-state index in [9.17, 15) is 4.79 Å². The van der Waals surface area contributed by atoms with Crippen LogP contribution in [0.5, 0.6) is 0 Å². The van der Waals surface area contributed by atoms with Gasteiger partial charge < -0.3 is 20.5 Å². The number of nitrogens with one attached hydrogen (secondary N) is 1. The predicted molar refractivity (Wildman–Crippen MR) is 51.9 cm³/mol. The SMILES string of the molecule is CCOCCNC(=O)C1(N)CCOC1. The molecule has 1 aliphatic heterocycles. The van der Waals surface area contributed by atoms with Crippen LogP contribution in [0.4, 0.5) is 0 Å². The molecule has 1 amide bonds. The first-order valence-electron chi connectivity index (χ1n) is 4.92. The Bertz CT molecular complexity index is 190. The molecule has 0 saturated carbocycles. The molecule has 82 valence electrons. The van der Waals surface area contributed by atoms with Crippen LogP contribution in [0.2, 0.25) is 0 Å². The molecule has 0 aliphatic carbocycles. The summed E-state index contributed by atoms with van der Waals surface area (Å²) in [6, 6.07) is 0. The van der Waals surface area contributed by atoms with E-state index in [1.165, 1.54) is 0 Å². The minimum atomic E-state index is -0.827. The van der Waals surface area contributed by atoms with Gasteiger partial charge in [-0.2, -0.15) is 0 Å². The van der Waals surface area contributed by atoms with Crippen molar-refractivity contribution < 1.29 is 14.3 Å². The first-order valence-corrected chi connectivity index (χ1v) is 4.92. The fourth-order valence-electron chi connectivity index (χ4n) is 1.32. The van der Waals surface area contributed by atoms with Gasteiger partial charge in [-0.1, -0.05) is 0 Å². The van der Waals surface area contributed by atoms with E-state index in [1.54, 1.807) is 0 Å². The largest absolute Gasteiger partial charge is 0.380 e. The molecule has 0 aromatic rings. The van der Waals surface area contributed by atoms with Gasteiger partial charge in [-0.3, -0.25) is 4.79 Å². The standard InChI is InChI=1S/C9H18N2O3/c1-2-13-6-4-11-8(12)9(10)3-5-14-7-9/h2-7,10H2,1H3,(H,11,12). The molecule has 0 spiro atoms. The Morgan fingerprint density at radius 1 is 1.71 bits per heavy atom. The Labute approximate surface area is 83.9 Å². The molecule has 1 unspecified atom stereocenters. The lowest BCUT2D eigenvalue weighted by molar-refractivity contribution is -0.126. The minimum Gasteiger partial charge on any atom is -0.380 e. The predicted octanol–water partition coefficient (Wildman–Crippen LogP) is -0.743. The van der Waals surface area contributed by atoms with E-state index in [2.05, 4.69) is 5.32 Å². The maximum atomic E-state index is 11.6. The molecule has 1 saturated heterocycles. The molecule has 14 heavy (non-hydrogen) atoms. The zero-order valence-corrected chi connectivity index (χ0v) is 8.54. The van der Waals surface area contributed by atoms with Crippen molar-refractivity contribution >= 4 is 5.91 Å². The van der Waals surface area contributed by atoms with Crippen LogP contribution in [0.25, 0.3) is 0 Å². The summed E-state index contributed by atoms with van der Waals surface area (Å²) >= 11 is 0. The van der Waals surface area contributed by atoms with Gasteiger partial charge in [0, 0.05) is 19.8 Å². The molecular formula is C9H18N2O3. The highest BCUT2D eigenvalue weighted by Gasteiger charge is 2.37. The van der Waals surface area contributed by atoms with Crippen molar-refractivity contribution in [2.75, 3.05) is 33.0 Å². The lowest BCUT2D eigenvalue weighted by Crippen LogP contribution is -2.55. The number of amides is 1. The number of hydrogen-bond acceptors (Lipinski definition) is 4. The molecule has 0 radical (unpaired) electrons. The van der Waals surface area contributed by atoms with Gasteiger partial charge in [0.05, 0.1) is 13.2 Å². The summed E-state index contributed by atoms with van der Waals surface area (Å²) in [5.41, 5.74) is 5.01. The number of carbonyl (C=O) groups excluding carboxylic acids is 1. The monoisotopic (exact) mass is 202 g/mol. The molecule has 1 rings (SSSR count). The van der Waals surface area contributed by atoms with E-state index in [-0.39, 0.29) is 5.91 Å². The molecule has 5 nitrogen and oxygen atoms in total. The molecular weight excluding hydrogens is 184 g/mol. The average molecular weight is 202 g/mol. The van der Waals surface area contributed by atoms with E-state index in [1.807, 2.05) is 6.92 Å². The Hall–Kier alpha value is -0.650. The van der Waals surface area contributed by atoms with Crippen LogP contribution in [0.3, 0.4) is 0 Å². The fraction of sp³-hybridized carbons (Fsp3) is 0.889. The zero-order chi connectivity index (χ0) is 10.4. The number of nitrogens with two attached hydrogens (primary N) is 1. The van der Waals surface area contributed by atoms with Crippen molar-refractivity contribution in [1.82, 2.24) is 5.32 Å². The third-order valence-electron chi connectivity index (χ3n) is 2.24. The zero-order valence-electron chi connectivity index (χ0n) is 8.54. The third-order valence-corrected chi connectivity index (χ3v) is 2.24. The lowest BCUT2D eigenvalue weighted by atomic mass is 9.99. The number of rotatable bonds is 5. The molecule has 3 N–H and O–H groups in total. The van der Waals surface area contributed by atoms with Gasteiger partial charge in [0.25, 0.3) is 0 Å². The van der Waals surface area contributed by atoms with Crippen LogP contribution in [-0.2, 0) is 14.3 Å². The van der Waals surface area contributed by atoms with Crippen molar-refractivity contribution in [3.05, 3.63) is 0 Å². The van der Waals surface area contributed by atoms with E-state index in [4.69, 9.17) is 15.2 Å². The van der Waals surface area contributed by atoms with Crippen molar-refractivity contribution in [1.29, 1.82) is 0 Å². The van der Waals surface area contributed by atoms with Crippen LogP contribution >= 0.6 is 0 Å². The van der Waals surface area contributed by atoms with Gasteiger partial charge in [0.2, 0.25) is 5.91 Å². The first kappa shape index (κ1) is 11.4. The summed E-state index contributed by atoms with van der Waals surface area (Å²) in [4.78, 5) is 11.6. The van der Waals surface area contributed by atoms with Crippen LogP contribution in [0, 0.1) is 0 Å². The maximum Gasteiger partial charge on any atom is 0.242 e. The van der Waals surface area contributed by atoms with Crippen molar-refractivity contribution in [2.45, 2.75) is 18.9 Å². The van der Waals surface area contributed by atoms with Crippen LogP contribution in [-0.4, -0.2) is 44.4 Å². The van der Waals surface area contributed by atoms with Crippen molar-refractivity contribution in [3.63, 3.8) is 0 Å². The summed E-state index contributed by atoms with van der Waals surface area (Å²) in [6.07, 6.45) is 0.591. The van der Waals surface area contributed by atoms with E-state index in [0.717, 1.165) is 0 Å². The average Bonchev–Trinajstić information content (AvgIpc) is 2.61. The summed E-state index contributed by atoms with van der Waals surface area (Å²) in [5.74, 6) is -0.144. The van der Waals surface area contributed by atoms with Crippen molar-refractivity contribution in [3.8, 4) is 0 Å². The van der Waals surface area contributed by atoms with E-state index < -0.39 is 5.54 Å². The summed E-state index contributed by atoms with van der Waals surface area (Å²) < 4.78 is 10.2. The van der Waals surface area contributed by atoms with Crippen molar-refractivity contribution in [2.24, 2.45) is 5.73 Å². The van der Waals surface area contributed by atoms with E-state index in [0.29, 0.717) is 39.4 Å². The molecule has 1 heterocycles. The Morgan fingerprint density at radius 2 is 2.50 bits per heavy atom. The third kappa shape index (κ3) is 2.94. The quantitative estimate of drug-likeness (QED) is 0.576. The maximum absolute atomic E-state index is 11.6. The fourth-order valence-corrected chi connectivity index (χ4v) is 1.32. The minimum absolute atomic E-state index is 0.144. The Morgan fingerprint density at radius 3 is 3.07 bits per heavy atom. The van der Waals surface area contributed by atoms with Gasteiger partial charge in [0.1, 0.15) is 5.54 Å². The molecule has 1 atom stereocenters. The molecule has 0 bridgehead atoms.